The highest BCUT2D eigenvalue weighted by molar-refractivity contribution is 6.31. The molecular weight excluding hydrogens is 464 g/mol. The van der Waals surface area contributed by atoms with Crippen LogP contribution in [-0.4, -0.2) is 42.2 Å². The van der Waals surface area contributed by atoms with Gasteiger partial charge < -0.3 is 24.1 Å². The van der Waals surface area contributed by atoms with Gasteiger partial charge in [-0.15, -0.1) is 0 Å². The third kappa shape index (κ3) is 4.29. The summed E-state index contributed by atoms with van der Waals surface area (Å²) in [6, 6.07) is 23.5. The number of halogens is 1. The number of fused-ring (bicyclic) bond motifs is 3. The van der Waals surface area contributed by atoms with Gasteiger partial charge in [0.15, 0.2) is 6.29 Å². The maximum absolute atomic E-state index is 11.9. The average molecular weight is 489 g/mol. The number of amides is 1. The van der Waals surface area contributed by atoms with Gasteiger partial charge in [0, 0.05) is 33.7 Å². The van der Waals surface area contributed by atoms with E-state index in [0.29, 0.717) is 24.8 Å². The molecule has 2 aliphatic heterocycles. The molecule has 178 valence electrons. The summed E-state index contributed by atoms with van der Waals surface area (Å²) in [6.07, 6.45) is 1.17. The van der Waals surface area contributed by atoms with Crippen molar-refractivity contribution >= 4 is 28.9 Å². The Hall–Kier alpha value is -3.32. The first-order valence-electron chi connectivity index (χ1n) is 11.8. The van der Waals surface area contributed by atoms with Crippen LogP contribution in [0.5, 0.6) is 5.75 Å². The Balaban J connectivity index is 1.19. The maximum atomic E-state index is 11.9. The van der Waals surface area contributed by atoms with Crippen molar-refractivity contribution < 1.29 is 19.0 Å². The normalized spacial score (nSPS) is 22.1. The van der Waals surface area contributed by atoms with Gasteiger partial charge in [0.1, 0.15) is 11.9 Å². The molecule has 2 aliphatic rings. The van der Waals surface area contributed by atoms with Gasteiger partial charge in [-0.2, -0.15) is 0 Å². The van der Waals surface area contributed by atoms with Crippen molar-refractivity contribution in [1.82, 2.24) is 9.88 Å². The summed E-state index contributed by atoms with van der Waals surface area (Å²) in [5, 5.41) is 1.83. The number of carbonyl (C=O) groups is 1. The first-order chi connectivity index (χ1) is 17.2. The number of hydrogen-bond donors (Lipinski definition) is 1. The Labute approximate surface area is 208 Å². The third-order valence-corrected chi connectivity index (χ3v) is 6.93. The average Bonchev–Trinajstić information content (AvgIpc) is 3.27. The molecule has 0 bridgehead atoms. The molecule has 0 saturated carbocycles. The van der Waals surface area contributed by atoms with Gasteiger partial charge >= 0.3 is 0 Å². The lowest BCUT2D eigenvalue weighted by molar-refractivity contribution is -0.215. The van der Waals surface area contributed by atoms with Crippen LogP contribution in [0, 0.1) is 0 Å². The van der Waals surface area contributed by atoms with E-state index in [1.165, 1.54) is 5.56 Å². The van der Waals surface area contributed by atoms with Gasteiger partial charge in [-0.25, -0.2) is 0 Å². The van der Waals surface area contributed by atoms with E-state index in [9.17, 15) is 4.79 Å². The summed E-state index contributed by atoms with van der Waals surface area (Å²) in [5.74, 6) is 0.737. The number of rotatable bonds is 5. The highest BCUT2D eigenvalue weighted by Crippen LogP contribution is 2.39. The first kappa shape index (κ1) is 22.2. The molecular formula is C28H25ClN2O4. The number of carbonyl (C=O) groups excluding carboxylic acids is 1. The first-order valence-corrected chi connectivity index (χ1v) is 12.1. The molecule has 1 aromatic heterocycles. The summed E-state index contributed by atoms with van der Waals surface area (Å²) >= 11 is 6.25. The molecule has 1 saturated heterocycles. The van der Waals surface area contributed by atoms with E-state index in [1.54, 1.807) is 0 Å². The lowest BCUT2D eigenvalue weighted by atomic mass is 9.93. The van der Waals surface area contributed by atoms with Gasteiger partial charge in [0.05, 0.1) is 19.3 Å². The highest BCUT2D eigenvalue weighted by Gasteiger charge is 2.31. The lowest BCUT2D eigenvalue weighted by Crippen LogP contribution is -2.36. The standard InChI is InChI=1S/C28H25ClN2O4/c29-20-8-11-25-24(14-20)23-12-13-31(17-32)27(26(23)30-25)18-6-9-21(10-7-18)35-22-15-33-28(34-16-22)19-4-2-1-3-5-19/h1-11,14,17,22,27-28,30H,12-13,15-16H2. The SMILES string of the molecule is O=CN1CCc2c([nH]c3ccc(Cl)cc23)C1c1ccc(OC2COC(c3ccccc3)OC2)cc1. The smallest absolute Gasteiger partial charge is 0.210 e. The molecule has 0 aliphatic carbocycles. The Morgan fingerprint density at radius 2 is 1.74 bits per heavy atom. The van der Waals surface area contributed by atoms with Crippen LogP contribution in [0.4, 0.5) is 0 Å². The van der Waals surface area contributed by atoms with Crippen LogP contribution >= 0.6 is 11.6 Å². The monoisotopic (exact) mass is 488 g/mol. The van der Waals surface area contributed by atoms with E-state index in [2.05, 4.69) is 4.98 Å². The van der Waals surface area contributed by atoms with E-state index in [4.69, 9.17) is 25.8 Å². The molecule has 6 nitrogen and oxygen atoms in total. The zero-order valence-corrected chi connectivity index (χ0v) is 19.8. The second kappa shape index (κ2) is 9.38. The molecule has 1 amide bonds. The summed E-state index contributed by atoms with van der Waals surface area (Å²) in [5.41, 5.74) is 5.30. The molecule has 3 aromatic carbocycles. The predicted molar refractivity (Wildman–Crippen MR) is 134 cm³/mol. The Bertz CT molecular complexity index is 1330. The van der Waals surface area contributed by atoms with Crippen LogP contribution in [0.3, 0.4) is 0 Å². The van der Waals surface area contributed by atoms with Gasteiger partial charge in [0.25, 0.3) is 0 Å². The molecule has 1 unspecified atom stereocenters. The zero-order chi connectivity index (χ0) is 23.8. The van der Waals surface area contributed by atoms with Crippen molar-refractivity contribution in [3.8, 4) is 5.75 Å². The summed E-state index contributed by atoms with van der Waals surface area (Å²) in [6.45, 7) is 1.55. The minimum atomic E-state index is -0.362. The van der Waals surface area contributed by atoms with Gasteiger partial charge in [-0.05, 0) is 47.9 Å². The fraction of sp³-hybridized carbons (Fsp3) is 0.250. The fourth-order valence-corrected chi connectivity index (χ4v) is 5.20. The van der Waals surface area contributed by atoms with Crippen molar-refractivity contribution in [3.63, 3.8) is 0 Å². The second-order valence-electron chi connectivity index (χ2n) is 8.92. The summed E-state index contributed by atoms with van der Waals surface area (Å²) in [7, 11) is 0. The molecule has 35 heavy (non-hydrogen) atoms. The van der Waals surface area contributed by atoms with Crippen molar-refractivity contribution in [1.29, 1.82) is 0 Å². The van der Waals surface area contributed by atoms with E-state index in [-0.39, 0.29) is 18.4 Å². The maximum Gasteiger partial charge on any atom is 0.210 e. The fourth-order valence-electron chi connectivity index (χ4n) is 5.03. The quantitative estimate of drug-likeness (QED) is 0.381. The van der Waals surface area contributed by atoms with Crippen molar-refractivity contribution in [3.05, 3.63) is 100 Å². The van der Waals surface area contributed by atoms with E-state index >= 15 is 0 Å². The number of nitrogens with zero attached hydrogens (tertiary/aromatic N) is 1. The highest BCUT2D eigenvalue weighted by atomic mass is 35.5. The van der Waals surface area contributed by atoms with Crippen molar-refractivity contribution in [2.24, 2.45) is 0 Å². The predicted octanol–water partition coefficient (Wildman–Crippen LogP) is 5.42. The number of benzene rings is 3. The number of ether oxygens (including phenoxy) is 3. The van der Waals surface area contributed by atoms with Crippen LogP contribution in [0.25, 0.3) is 10.9 Å². The third-order valence-electron chi connectivity index (χ3n) is 6.70. The number of H-pyrrole nitrogens is 1. The molecule has 1 N–H and O–H groups in total. The zero-order valence-electron chi connectivity index (χ0n) is 19.0. The number of nitrogens with one attached hydrogen (secondary N) is 1. The minimum Gasteiger partial charge on any atom is -0.486 e. The van der Waals surface area contributed by atoms with E-state index in [0.717, 1.165) is 46.3 Å². The lowest BCUT2D eigenvalue weighted by Gasteiger charge is -2.33. The second-order valence-corrected chi connectivity index (χ2v) is 9.36. The molecule has 3 heterocycles. The van der Waals surface area contributed by atoms with Crippen LogP contribution in [0.1, 0.15) is 34.7 Å². The molecule has 0 radical (unpaired) electrons. The largest absolute Gasteiger partial charge is 0.486 e. The Morgan fingerprint density at radius 1 is 0.971 bits per heavy atom. The molecule has 6 rings (SSSR count). The molecule has 0 spiro atoms. The molecule has 4 aromatic rings. The van der Waals surface area contributed by atoms with E-state index < -0.39 is 0 Å². The number of hydrogen-bond acceptors (Lipinski definition) is 4. The van der Waals surface area contributed by atoms with Crippen LogP contribution < -0.4 is 4.74 Å². The molecule has 1 atom stereocenters. The minimum absolute atomic E-state index is 0.188. The molecule has 7 heteroatoms. The van der Waals surface area contributed by atoms with Crippen LogP contribution in [0.2, 0.25) is 5.02 Å². The summed E-state index contributed by atoms with van der Waals surface area (Å²) < 4.78 is 17.8. The van der Waals surface area contributed by atoms with Crippen molar-refractivity contribution in [2.45, 2.75) is 24.9 Å². The van der Waals surface area contributed by atoms with Gasteiger partial charge in [-0.1, -0.05) is 54.1 Å². The Kier molecular flexibility index (Phi) is 5.94. The van der Waals surface area contributed by atoms with E-state index in [1.807, 2.05) is 77.7 Å². The number of aromatic amines is 1. The molecule has 1 fully saturated rings. The number of aromatic nitrogens is 1. The summed E-state index contributed by atoms with van der Waals surface area (Å²) in [4.78, 5) is 17.3. The van der Waals surface area contributed by atoms with Crippen LogP contribution in [-0.2, 0) is 20.7 Å². The van der Waals surface area contributed by atoms with Crippen molar-refractivity contribution in [2.75, 3.05) is 19.8 Å². The van der Waals surface area contributed by atoms with Gasteiger partial charge in [0.2, 0.25) is 6.41 Å². The van der Waals surface area contributed by atoms with Crippen LogP contribution in [0.15, 0.2) is 72.8 Å². The van der Waals surface area contributed by atoms with Gasteiger partial charge in [-0.3, -0.25) is 4.79 Å². The topological polar surface area (TPSA) is 63.8 Å². The Morgan fingerprint density at radius 3 is 2.49 bits per heavy atom.